The van der Waals surface area contributed by atoms with Gasteiger partial charge < -0.3 is 24.6 Å². The van der Waals surface area contributed by atoms with Crippen LogP contribution in [-0.4, -0.2) is 61.0 Å². The van der Waals surface area contributed by atoms with E-state index in [1.165, 1.54) is 18.1 Å². The van der Waals surface area contributed by atoms with E-state index in [9.17, 15) is 10.2 Å². The van der Waals surface area contributed by atoms with Gasteiger partial charge in [0.1, 0.15) is 35.3 Å². The SMILES string of the molecule is CSc1ncnc2c1ccn2[C@H]1O[C@H](CO)[C@@H](O)[C@H]1O. The van der Waals surface area contributed by atoms with Crippen molar-refractivity contribution in [2.45, 2.75) is 29.6 Å². The molecule has 3 N–H and O–H groups in total. The molecule has 20 heavy (non-hydrogen) atoms. The first-order valence-corrected chi connectivity index (χ1v) is 7.38. The van der Waals surface area contributed by atoms with E-state index < -0.39 is 24.5 Å². The molecule has 1 aliphatic heterocycles. The summed E-state index contributed by atoms with van der Waals surface area (Å²) in [5.41, 5.74) is 0.624. The fourth-order valence-corrected chi connectivity index (χ4v) is 2.96. The number of aliphatic hydroxyl groups is 3. The van der Waals surface area contributed by atoms with Crippen LogP contribution in [-0.2, 0) is 4.74 Å². The predicted octanol–water partition coefficient (Wildman–Crippen LogP) is -0.235. The van der Waals surface area contributed by atoms with Gasteiger partial charge in [0.25, 0.3) is 0 Å². The van der Waals surface area contributed by atoms with Crippen molar-refractivity contribution >= 4 is 22.8 Å². The smallest absolute Gasteiger partial charge is 0.164 e. The van der Waals surface area contributed by atoms with Crippen LogP contribution in [0, 0.1) is 0 Å². The third-order valence-electron chi connectivity index (χ3n) is 3.46. The lowest BCUT2D eigenvalue weighted by Gasteiger charge is -2.17. The fourth-order valence-electron chi connectivity index (χ4n) is 2.43. The van der Waals surface area contributed by atoms with E-state index in [0.717, 1.165) is 10.4 Å². The molecule has 7 nitrogen and oxygen atoms in total. The van der Waals surface area contributed by atoms with E-state index >= 15 is 0 Å². The largest absolute Gasteiger partial charge is 0.394 e. The van der Waals surface area contributed by atoms with Crippen molar-refractivity contribution in [3.05, 3.63) is 18.6 Å². The van der Waals surface area contributed by atoms with Crippen LogP contribution in [0.2, 0.25) is 0 Å². The average Bonchev–Trinajstić information content (AvgIpc) is 3.01. The molecular formula is C12H15N3O4S. The lowest BCUT2D eigenvalue weighted by atomic mass is 10.1. The predicted molar refractivity (Wildman–Crippen MR) is 72.3 cm³/mol. The van der Waals surface area contributed by atoms with Crippen LogP contribution in [0.5, 0.6) is 0 Å². The minimum atomic E-state index is -1.12. The molecule has 3 heterocycles. The molecule has 0 spiro atoms. The monoisotopic (exact) mass is 297 g/mol. The summed E-state index contributed by atoms with van der Waals surface area (Å²) < 4.78 is 7.16. The Balaban J connectivity index is 2.03. The van der Waals surface area contributed by atoms with Crippen molar-refractivity contribution < 1.29 is 20.1 Å². The second-order valence-corrected chi connectivity index (χ2v) is 5.37. The standard InChI is InChI=1S/C12H15N3O4S/c1-20-11-6-2-3-15(10(6)13-5-14-11)12-9(18)8(17)7(4-16)19-12/h2-3,5,7-9,12,16-18H,4H2,1H3/t7-,8-,9-,12+/m1/s1. The molecule has 1 fully saturated rings. The van der Waals surface area contributed by atoms with E-state index in [4.69, 9.17) is 9.84 Å². The second kappa shape index (κ2) is 5.30. The molecule has 3 rings (SSSR count). The first kappa shape index (κ1) is 13.8. The van der Waals surface area contributed by atoms with Gasteiger partial charge in [-0.05, 0) is 12.3 Å². The summed E-state index contributed by atoms with van der Waals surface area (Å²) in [7, 11) is 0. The van der Waals surface area contributed by atoms with Gasteiger partial charge in [0.05, 0.1) is 12.0 Å². The highest BCUT2D eigenvalue weighted by Crippen LogP contribution is 2.33. The Morgan fingerprint density at radius 1 is 1.35 bits per heavy atom. The van der Waals surface area contributed by atoms with Gasteiger partial charge in [-0.15, -0.1) is 11.8 Å². The van der Waals surface area contributed by atoms with E-state index in [0.29, 0.717) is 5.65 Å². The van der Waals surface area contributed by atoms with Crippen molar-refractivity contribution in [1.29, 1.82) is 0 Å². The van der Waals surface area contributed by atoms with Gasteiger partial charge in [0.2, 0.25) is 0 Å². The number of ether oxygens (including phenoxy) is 1. The number of fused-ring (bicyclic) bond motifs is 1. The van der Waals surface area contributed by atoms with Crippen molar-refractivity contribution in [1.82, 2.24) is 14.5 Å². The summed E-state index contributed by atoms with van der Waals surface area (Å²) in [5, 5.41) is 30.7. The molecular weight excluding hydrogens is 282 g/mol. The number of aliphatic hydroxyl groups excluding tert-OH is 3. The fraction of sp³-hybridized carbons (Fsp3) is 0.500. The van der Waals surface area contributed by atoms with Crippen molar-refractivity contribution in [3.8, 4) is 0 Å². The first-order chi connectivity index (χ1) is 9.67. The number of aromatic nitrogens is 3. The molecule has 0 unspecified atom stereocenters. The van der Waals surface area contributed by atoms with Crippen LogP contribution in [0.3, 0.4) is 0 Å². The van der Waals surface area contributed by atoms with Crippen molar-refractivity contribution in [3.63, 3.8) is 0 Å². The minimum absolute atomic E-state index is 0.348. The molecule has 2 aromatic rings. The van der Waals surface area contributed by atoms with E-state index in [2.05, 4.69) is 9.97 Å². The molecule has 0 amide bonds. The van der Waals surface area contributed by atoms with E-state index in [1.54, 1.807) is 10.8 Å². The molecule has 0 bridgehead atoms. The van der Waals surface area contributed by atoms with Gasteiger partial charge in [-0.25, -0.2) is 9.97 Å². The maximum Gasteiger partial charge on any atom is 0.164 e. The van der Waals surface area contributed by atoms with Crippen LogP contribution in [0.4, 0.5) is 0 Å². The molecule has 0 aliphatic carbocycles. The van der Waals surface area contributed by atoms with Gasteiger partial charge in [-0.1, -0.05) is 0 Å². The van der Waals surface area contributed by atoms with Gasteiger partial charge >= 0.3 is 0 Å². The number of rotatable bonds is 3. The number of hydrogen-bond donors (Lipinski definition) is 3. The molecule has 1 saturated heterocycles. The van der Waals surface area contributed by atoms with Crippen molar-refractivity contribution in [2.24, 2.45) is 0 Å². The minimum Gasteiger partial charge on any atom is -0.394 e. The summed E-state index contributed by atoms with van der Waals surface area (Å²) in [4.78, 5) is 8.38. The molecule has 8 heteroatoms. The average molecular weight is 297 g/mol. The Morgan fingerprint density at radius 2 is 2.15 bits per heavy atom. The van der Waals surface area contributed by atoms with Crippen LogP contribution >= 0.6 is 11.8 Å². The summed E-state index contributed by atoms with van der Waals surface area (Å²) in [6, 6.07) is 1.84. The van der Waals surface area contributed by atoms with E-state index in [1.807, 2.05) is 12.3 Å². The zero-order valence-corrected chi connectivity index (χ0v) is 11.6. The summed E-state index contributed by atoms with van der Waals surface area (Å²) in [6.45, 7) is -0.348. The Kier molecular flexibility index (Phi) is 3.65. The molecule has 0 aromatic carbocycles. The first-order valence-electron chi connectivity index (χ1n) is 6.15. The molecule has 108 valence electrons. The van der Waals surface area contributed by atoms with E-state index in [-0.39, 0.29) is 6.61 Å². The summed E-state index contributed by atoms with van der Waals surface area (Å²) in [6.07, 6.45) is 1.30. The molecule has 1 aliphatic rings. The molecule has 0 saturated carbocycles. The molecule has 0 radical (unpaired) electrons. The lowest BCUT2D eigenvalue weighted by Crippen LogP contribution is -2.33. The summed E-state index contributed by atoms with van der Waals surface area (Å²) >= 11 is 1.50. The Morgan fingerprint density at radius 3 is 2.80 bits per heavy atom. The van der Waals surface area contributed by atoms with Gasteiger partial charge in [-0.2, -0.15) is 0 Å². The highest BCUT2D eigenvalue weighted by molar-refractivity contribution is 7.98. The Bertz CT molecular complexity index is 620. The maximum absolute atomic E-state index is 10.1. The zero-order chi connectivity index (χ0) is 14.3. The normalized spacial score (nSPS) is 30.2. The highest BCUT2D eigenvalue weighted by Gasteiger charge is 2.43. The van der Waals surface area contributed by atoms with Crippen molar-refractivity contribution in [2.75, 3.05) is 12.9 Å². The second-order valence-electron chi connectivity index (χ2n) is 4.57. The topological polar surface area (TPSA) is 101 Å². The Hall–Kier alpha value is -1.19. The highest BCUT2D eigenvalue weighted by atomic mass is 32.2. The number of hydrogen-bond acceptors (Lipinski definition) is 7. The number of nitrogens with zero attached hydrogens (tertiary/aromatic N) is 3. The van der Waals surface area contributed by atoms with Gasteiger partial charge in [-0.3, -0.25) is 0 Å². The van der Waals surface area contributed by atoms with Crippen LogP contribution in [0.25, 0.3) is 11.0 Å². The third-order valence-corrected chi connectivity index (χ3v) is 4.17. The maximum atomic E-state index is 10.1. The quantitative estimate of drug-likeness (QED) is 0.531. The third kappa shape index (κ3) is 2.00. The molecule has 4 atom stereocenters. The zero-order valence-electron chi connectivity index (χ0n) is 10.7. The number of thioether (sulfide) groups is 1. The van der Waals surface area contributed by atoms with Crippen LogP contribution < -0.4 is 0 Å². The van der Waals surface area contributed by atoms with Gasteiger partial charge in [0.15, 0.2) is 6.23 Å². The van der Waals surface area contributed by atoms with Crippen LogP contribution in [0.15, 0.2) is 23.6 Å². The molecule has 2 aromatic heterocycles. The van der Waals surface area contributed by atoms with Gasteiger partial charge in [0, 0.05) is 6.20 Å². The van der Waals surface area contributed by atoms with Crippen LogP contribution in [0.1, 0.15) is 6.23 Å². The lowest BCUT2D eigenvalue weighted by molar-refractivity contribution is -0.0508. The summed E-state index contributed by atoms with van der Waals surface area (Å²) in [5.74, 6) is 0. The Labute approximate surface area is 119 Å².